The second-order valence-corrected chi connectivity index (χ2v) is 8.81. The molecule has 3 atom stereocenters. The first-order valence-corrected chi connectivity index (χ1v) is 12.2. The molecule has 0 aliphatic carbocycles. The van der Waals surface area contributed by atoms with E-state index in [-0.39, 0.29) is 5.91 Å². The third-order valence-corrected chi connectivity index (χ3v) is 6.49. The maximum atomic E-state index is 13.9. The summed E-state index contributed by atoms with van der Waals surface area (Å²) in [6.45, 7) is 1.98. The number of ether oxygens (including phenoxy) is 2. The molecule has 3 N–H and O–H groups in total. The van der Waals surface area contributed by atoms with Crippen LogP contribution in [0.2, 0.25) is 0 Å². The number of hydrogen-bond acceptors (Lipinski definition) is 5. The molecule has 2 amide bonds. The van der Waals surface area contributed by atoms with Gasteiger partial charge in [-0.05, 0) is 18.1 Å². The van der Waals surface area contributed by atoms with E-state index in [4.69, 9.17) is 14.5 Å². The van der Waals surface area contributed by atoms with Crippen LogP contribution in [0.3, 0.4) is 0 Å². The van der Waals surface area contributed by atoms with Crippen LogP contribution in [-0.2, 0) is 4.79 Å². The van der Waals surface area contributed by atoms with Gasteiger partial charge in [0.15, 0.2) is 11.5 Å². The number of nitrogens with one attached hydrogen (secondary N) is 2. The van der Waals surface area contributed by atoms with Gasteiger partial charge in [-0.25, -0.2) is 4.79 Å². The number of anilines is 1. The standard InChI is InChI=1S/C29H31N3O5/c1-4-11-21(31-29(34)35)25(18-12-7-5-8-13-18)27-28(33)30-22-17-24(37-3)23(36-2)16-20(22)26(32-27)19-14-9-6-10-15-19/h5-10,12-17,21,25,27,31H,4,11H2,1-3H3,(H,30,33)(H,34,35). The van der Waals surface area contributed by atoms with Crippen LogP contribution in [0.1, 0.15) is 42.4 Å². The zero-order chi connectivity index (χ0) is 26.4. The van der Waals surface area contributed by atoms with E-state index in [1.807, 2.05) is 67.6 Å². The Kier molecular flexibility index (Phi) is 8.08. The Morgan fingerprint density at radius 3 is 2.24 bits per heavy atom. The molecular formula is C29H31N3O5. The van der Waals surface area contributed by atoms with Crippen molar-refractivity contribution in [3.63, 3.8) is 0 Å². The van der Waals surface area contributed by atoms with E-state index in [0.29, 0.717) is 34.9 Å². The highest BCUT2D eigenvalue weighted by Crippen LogP contribution is 2.38. The minimum atomic E-state index is -1.14. The summed E-state index contributed by atoms with van der Waals surface area (Å²) in [5.41, 5.74) is 3.48. The van der Waals surface area contributed by atoms with Crippen molar-refractivity contribution in [2.75, 3.05) is 19.5 Å². The number of amides is 2. The lowest BCUT2D eigenvalue weighted by Crippen LogP contribution is -2.46. The molecule has 0 saturated heterocycles. The first kappa shape index (κ1) is 25.8. The van der Waals surface area contributed by atoms with E-state index in [1.165, 1.54) is 7.11 Å². The van der Waals surface area contributed by atoms with Gasteiger partial charge in [0.05, 0.1) is 25.6 Å². The molecule has 8 heteroatoms. The summed E-state index contributed by atoms with van der Waals surface area (Å²) in [4.78, 5) is 30.7. The third-order valence-electron chi connectivity index (χ3n) is 6.49. The number of rotatable bonds is 9. The number of carbonyl (C=O) groups is 2. The average Bonchev–Trinajstić information content (AvgIpc) is 3.04. The monoisotopic (exact) mass is 501 g/mol. The Balaban J connectivity index is 1.95. The Morgan fingerprint density at radius 2 is 1.65 bits per heavy atom. The molecule has 0 bridgehead atoms. The lowest BCUT2D eigenvalue weighted by molar-refractivity contribution is -0.118. The zero-order valence-electron chi connectivity index (χ0n) is 21.1. The molecule has 8 nitrogen and oxygen atoms in total. The maximum Gasteiger partial charge on any atom is 0.404 e. The number of hydrogen-bond donors (Lipinski definition) is 3. The molecule has 1 aliphatic heterocycles. The largest absolute Gasteiger partial charge is 0.493 e. The normalized spacial score (nSPS) is 16.4. The summed E-state index contributed by atoms with van der Waals surface area (Å²) in [6, 6.07) is 21.2. The number of aliphatic imine (C=N–C) groups is 1. The molecule has 3 unspecified atom stereocenters. The Morgan fingerprint density at radius 1 is 1.03 bits per heavy atom. The van der Waals surface area contributed by atoms with Crippen LogP contribution >= 0.6 is 0 Å². The number of fused-ring (bicyclic) bond motifs is 1. The molecule has 0 fully saturated rings. The lowest BCUT2D eigenvalue weighted by atomic mass is 9.82. The van der Waals surface area contributed by atoms with Crippen molar-refractivity contribution in [1.82, 2.24) is 5.32 Å². The van der Waals surface area contributed by atoms with Crippen LogP contribution in [0.25, 0.3) is 0 Å². The average molecular weight is 502 g/mol. The topological polar surface area (TPSA) is 109 Å². The van der Waals surface area contributed by atoms with Gasteiger partial charge in [-0.15, -0.1) is 0 Å². The Hall–Kier alpha value is -4.33. The van der Waals surface area contributed by atoms with Gasteiger partial charge in [-0.3, -0.25) is 9.79 Å². The molecule has 0 spiro atoms. The molecule has 3 aromatic rings. The summed E-state index contributed by atoms with van der Waals surface area (Å²) in [7, 11) is 3.09. The molecule has 37 heavy (non-hydrogen) atoms. The number of benzene rings is 3. The van der Waals surface area contributed by atoms with Crippen molar-refractivity contribution < 1.29 is 24.2 Å². The van der Waals surface area contributed by atoms with Gasteiger partial charge in [-0.2, -0.15) is 0 Å². The second kappa shape index (κ2) is 11.6. The third kappa shape index (κ3) is 5.58. The Bertz CT molecular complexity index is 1280. The summed E-state index contributed by atoms with van der Waals surface area (Å²) in [5, 5.41) is 15.3. The minimum Gasteiger partial charge on any atom is -0.493 e. The molecular weight excluding hydrogens is 470 g/mol. The van der Waals surface area contributed by atoms with Crippen molar-refractivity contribution >= 4 is 23.4 Å². The first-order chi connectivity index (χ1) is 18.0. The molecule has 0 saturated carbocycles. The Labute approximate surface area is 216 Å². The summed E-state index contributed by atoms with van der Waals surface area (Å²) in [6.07, 6.45) is 0.130. The van der Waals surface area contributed by atoms with Crippen molar-refractivity contribution in [2.24, 2.45) is 4.99 Å². The van der Waals surface area contributed by atoms with E-state index in [9.17, 15) is 14.7 Å². The number of nitrogens with zero attached hydrogens (tertiary/aromatic N) is 1. The molecule has 1 aliphatic rings. The number of methoxy groups -OCH3 is 2. The SMILES string of the molecule is CCCC(NC(=O)O)C(c1ccccc1)C1N=C(c2ccccc2)c2cc(OC)c(OC)cc2NC1=O. The highest BCUT2D eigenvalue weighted by molar-refractivity contribution is 6.20. The fraction of sp³-hybridized carbons (Fsp3) is 0.276. The van der Waals surface area contributed by atoms with Crippen molar-refractivity contribution in [3.8, 4) is 11.5 Å². The van der Waals surface area contributed by atoms with Crippen molar-refractivity contribution in [3.05, 3.63) is 89.5 Å². The first-order valence-electron chi connectivity index (χ1n) is 12.2. The van der Waals surface area contributed by atoms with Gasteiger partial charge in [0.2, 0.25) is 5.91 Å². The maximum absolute atomic E-state index is 13.9. The summed E-state index contributed by atoms with van der Waals surface area (Å²) in [5.74, 6) is 0.104. The highest BCUT2D eigenvalue weighted by Gasteiger charge is 2.38. The summed E-state index contributed by atoms with van der Waals surface area (Å²) >= 11 is 0. The van der Waals surface area contributed by atoms with Crippen molar-refractivity contribution in [2.45, 2.75) is 37.8 Å². The van der Waals surface area contributed by atoms with Crippen LogP contribution in [0.15, 0.2) is 77.8 Å². The van der Waals surface area contributed by atoms with Crippen LogP contribution < -0.4 is 20.1 Å². The second-order valence-electron chi connectivity index (χ2n) is 8.81. The molecule has 192 valence electrons. The highest BCUT2D eigenvalue weighted by atomic mass is 16.5. The van der Waals surface area contributed by atoms with Crippen LogP contribution in [0.5, 0.6) is 11.5 Å². The van der Waals surface area contributed by atoms with E-state index < -0.39 is 24.1 Å². The van der Waals surface area contributed by atoms with Crippen molar-refractivity contribution in [1.29, 1.82) is 0 Å². The van der Waals surface area contributed by atoms with Gasteiger partial charge in [0.1, 0.15) is 6.04 Å². The van der Waals surface area contributed by atoms with Gasteiger partial charge in [0.25, 0.3) is 0 Å². The molecule has 1 heterocycles. The lowest BCUT2D eigenvalue weighted by Gasteiger charge is -2.31. The fourth-order valence-electron chi connectivity index (χ4n) is 4.84. The van der Waals surface area contributed by atoms with E-state index in [1.54, 1.807) is 19.2 Å². The number of carbonyl (C=O) groups excluding carboxylic acids is 1. The number of benzodiazepines with no additional fused rings is 1. The number of carboxylic acid groups (broad SMARTS) is 1. The van der Waals surface area contributed by atoms with E-state index in [0.717, 1.165) is 17.5 Å². The van der Waals surface area contributed by atoms with Gasteiger partial charge in [-0.1, -0.05) is 74.0 Å². The van der Waals surface area contributed by atoms with Crippen LogP contribution in [0, 0.1) is 0 Å². The van der Waals surface area contributed by atoms with E-state index in [2.05, 4.69) is 10.6 Å². The van der Waals surface area contributed by atoms with Gasteiger partial charge >= 0.3 is 6.09 Å². The molecule has 3 aromatic carbocycles. The van der Waals surface area contributed by atoms with Gasteiger partial charge < -0.3 is 25.2 Å². The van der Waals surface area contributed by atoms with Crippen LogP contribution in [-0.4, -0.2) is 49.1 Å². The predicted octanol–water partition coefficient (Wildman–Crippen LogP) is 5.08. The molecule has 0 radical (unpaired) electrons. The molecule has 0 aromatic heterocycles. The van der Waals surface area contributed by atoms with E-state index >= 15 is 0 Å². The smallest absolute Gasteiger partial charge is 0.404 e. The summed E-state index contributed by atoms with van der Waals surface area (Å²) < 4.78 is 11.0. The van der Waals surface area contributed by atoms with Gasteiger partial charge in [0, 0.05) is 29.2 Å². The van der Waals surface area contributed by atoms with Crippen LogP contribution in [0.4, 0.5) is 10.5 Å². The quantitative estimate of drug-likeness (QED) is 0.379. The predicted molar refractivity (Wildman–Crippen MR) is 143 cm³/mol. The zero-order valence-corrected chi connectivity index (χ0v) is 21.1. The minimum absolute atomic E-state index is 0.332. The fourth-order valence-corrected chi connectivity index (χ4v) is 4.84. The molecule has 4 rings (SSSR count).